The first-order valence-corrected chi connectivity index (χ1v) is 11.5. The van der Waals surface area contributed by atoms with Crippen LogP contribution in [-0.4, -0.2) is 45.4 Å². The van der Waals surface area contributed by atoms with Crippen molar-refractivity contribution in [2.24, 2.45) is 0 Å². The molecule has 0 saturated carbocycles. The van der Waals surface area contributed by atoms with Gasteiger partial charge in [-0.15, -0.1) is 0 Å². The molecule has 0 aromatic heterocycles. The number of phenolic OH excluding ortho intramolecular Hbond substituents is 1. The first-order valence-electron chi connectivity index (χ1n) is 9.65. The molecule has 29 heavy (non-hydrogen) atoms. The predicted molar refractivity (Wildman–Crippen MR) is 111 cm³/mol. The number of fused-ring (bicyclic) bond motifs is 1. The molecule has 0 radical (unpaired) electrons. The van der Waals surface area contributed by atoms with Gasteiger partial charge in [-0.1, -0.05) is 12.1 Å². The monoisotopic (exact) mass is 416 g/mol. The van der Waals surface area contributed by atoms with E-state index in [9.17, 15) is 18.3 Å². The zero-order chi connectivity index (χ0) is 20.6. The number of hydrogen-bond acceptors (Lipinski definition) is 5. The number of nitrogens with zero attached hydrogens (tertiary/aromatic N) is 1. The van der Waals surface area contributed by atoms with Crippen LogP contribution in [0.3, 0.4) is 0 Å². The molecule has 7 nitrogen and oxygen atoms in total. The molecule has 0 atom stereocenters. The number of hydrogen-bond donors (Lipinski definition) is 2. The van der Waals surface area contributed by atoms with Gasteiger partial charge in [0.05, 0.1) is 11.9 Å². The molecule has 1 amide bonds. The number of aromatic hydroxyl groups is 1. The van der Waals surface area contributed by atoms with Crippen molar-refractivity contribution in [3.05, 3.63) is 53.1 Å². The first kappa shape index (κ1) is 19.7. The highest BCUT2D eigenvalue weighted by Crippen LogP contribution is 2.34. The Morgan fingerprint density at radius 2 is 1.90 bits per heavy atom. The molecular weight excluding hydrogens is 392 g/mol. The van der Waals surface area contributed by atoms with Crippen molar-refractivity contribution >= 4 is 27.3 Å². The Balaban J connectivity index is 1.60. The van der Waals surface area contributed by atoms with Crippen LogP contribution in [0.1, 0.15) is 40.2 Å². The third kappa shape index (κ3) is 4.23. The highest BCUT2D eigenvalue weighted by Gasteiger charge is 2.27. The van der Waals surface area contributed by atoms with E-state index in [0.29, 0.717) is 30.1 Å². The highest BCUT2D eigenvalue weighted by atomic mass is 32.2. The number of nitrogens with one attached hydrogen (secondary N) is 1. The average molecular weight is 416 g/mol. The van der Waals surface area contributed by atoms with Gasteiger partial charge in [-0.2, -0.15) is 0 Å². The van der Waals surface area contributed by atoms with E-state index in [1.165, 1.54) is 17.7 Å². The number of carbonyl (C=O) groups is 1. The van der Waals surface area contributed by atoms with Crippen molar-refractivity contribution in [1.29, 1.82) is 0 Å². The van der Waals surface area contributed by atoms with Crippen molar-refractivity contribution in [2.45, 2.75) is 25.2 Å². The minimum absolute atomic E-state index is 0.0541. The quantitative estimate of drug-likeness (QED) is 0.747. The Bertz CT molecular complexity index is 1050. The second-order valence-corrected chi connectivity index (χ2v) is 9.33. The molecule has 2 aliphatic heterocycles. The van der Waals surface area contributed by atoms with Crippen LogP contribution < -0.4 is 9.62 Å². The van der Waals surface area contributed by atoms with Crippen LogP contribution in [0.4, 0.5) is 11.4 Å². The summed E-state index contributed by atoms with van der Waals surface area (Å²) in [4.78, 5) is 14.7. The van der Waals surface area contributed by atoms with Crippen LogP contribution in [0.5, 0.6) is 5.75 Å². The molecule has 0 aliphatic carbocycles. The van der Waals surface area contributed by atoms with Crippen LogP contribution >= 0.6 is 0 Å². The Morgan fingerprint density at radius 3 is 2.62 bits per heavy atom. The Labute approximate surface area is 170 Å². The summed E-state index contributed by atoms with van der Waals surface area (Å²) in [6, 6.07) is 10.6. The molecule has 2 aromatic rings. The van der Waals surface area contributed by atoms with Crippen molar-refractivity contribution < 1.29 is 23.1 Å². The van der Waals surface area contributed by atoms with Gasteiger partial charge in [-0.3, -0.25) is 9.52 Å². The van der Waals surface area contributed by atoms with Gasteiger partial charge in [0.15, 0.2) is 0 Å². The van der Waals surface area contributed by atoms with E-state index in [2.05, 4.69) is 10.8 Å². The lowest BCUT2D eigenvalue weighted by atomic mass is 9.87. The molecular formula is C21H24N2O5S. The smallest absolute Gasteiger partial charge is 0.258 e. The molecule has 4 rings (SSSR count). The van der Waals surface area contributed by atoms with Crippen molar-refractivity contribution in [1.82, 2.24) is 0 Å². The summed E-state index contributed by atoms with van der Waals surface area (Å²) in [7, 11) is -3.55. The Morgan fingerprint density at radius 1 is 1.14 bits per heavy atom. The van der Waals surface area contributed by atoms with E-state index >= 15 is 0 Å². The molecule has 2 heterocycles. The summed E-state index contributed by atoms with van der Waals surface area (Å²) in [6.07, 6.45) is 3.73. The average Bonchev–Trinajstić information content (AvgIpc) is 2.69. The van der Waals surface area contributed by atoms with Crippen LogP contribution in [0.25, 0.3) is 0 Å². The Hall–Kier alpha value is -2.58. The molecule has 0 unspecified atom stereocenters. The van der Waals surface area contributed by atoms with Gasteiger partial charge >= 0.3 is 0 Å². The number of carbonyl (C=O) groups excluding carboxylic acids is 1. The lowest BCUT2D eigenvalue weighted by Crippen LogP contribution is -2.37. The molecule has 2 N–H and O–H groups in total. The molecule has 1 fully saturated rings. The molecule has 1 saturated heterocycles. The van der Waals surface area contributed by atoms with Gasteiger partial charge in [0.25, 0.3) is 5.91 Å². The predicted octanol–water partition coefficient (Wildman–Crippen LogP) is 2.86. The summed E-state index contributed by atoms with van der Waals surface area (Å²) in [5.41, 5.74) is 3.57. The van der Waals surface area contributed by atoms with E-state index in [0.717, 1.165) is 37.9 Å². The second-order valence-electron chi connectivity index (χ2n) is 7.59. The third-order valence-electron chi connectivity index (χ3n) is 5.49. The minimum Gasteiger partial charge on any atom is -0.506 e. The standard InChI is InChI=1S/C21H24N2O5S/c1-29(26,27)22-19-13-17(3-5-20(19)24)23-9-6-16-12-15(2-4-18(16)21(23)25)14-7-10-28-11-8-14/h2-5,12-14,22,24H,6-11H2,1H3. The Kier molecular flexibility index (Phi) is 5.23. The number of sulfonamides is 1. The summed E-state index contributed by atoms with van der Waals surface area (Å²) in [5.74, 6) is 0.162. The van der Waals surface area contributed by atoms with Gasteiger partial charge < -0.3 is 14.7 Å². The number of ether oxygens (including phenoxy) is 1. The fraction of sp³-hybridized carbons (Fsp3) is 0.381. The number of phenols is 1. The number of amides is 1. The van der Waals surface area contributed by atoms with Gasteiger partial charge in [0, 0.05) is 31.0 Å². The molecule has 0 bridgehead atoms. The lowest BCUT2D eigenvalue weighted by molar-refractivity contribution is 0.0852. The van der Waals surface area contributed by atoms with E-state index in [4.69, 9.17) is 4.74 Å². The molecule has 2 aromatic carbocycles. The number of anilines is 2. The van der Waals surface area contributed by atoms with Crippen LogP contribution in [0.2, 0.25) is 0 Å². The molecule has 8 heteroatoms. The largest absolute Gasteiger partial charge is 0.506 e. The summed E-state index contributed by atoms with van der Waals surface area (Å²) in [5, 5.41) is 9.94. The third-order valence-corrected chi connectivity index (χ3v) is 6.08. The topological polar surface area (TPSA) is 95.9 Å². The zero-order valence-electron chi connectivity index (χ0n) is 16.2. The van der Waals surface area contributed by atoms with Crippen LogP contribution in [0.15, 0.2) is 36.4 Å². The van der Waals surface area contributed by atoms with Gasteiger partial charge in [0.2, 0.25) is 10.0 Å². The van der Waals surface area contributed by atoms with Crippen molar-refractivity contribution in [2.75, 3.05) is 35.6 Å². The fourth-order valence-electron chi connectivity index (χ4n) is 4.01. The van der Waals surface area contributed by atoms with Gasteiger partial charge in [0.1, 0.15) is 5.75 Å². The van der Waals surface area contributed by atoms with E-state index in [1.54, 1.807) is 11.0 Å². The van der Waals surface area contributed by atoms with Crippen LogP contribution in [-0.2, 0) is 21.2 Å². The molecule has 0 spiro atoms. The minimum atomic E-state index is -3.55. The zero-order valence-corrected chi connectivity index (χ0v) is 17.0. The van der Waals surface area contributed by atoms with Gasteiger partial charge in [-0.25, -0.2) is 8.42 Å². The maximum atomic E-state index is 13.1. The second kappa shape index (κ2) is 7.68. The maximum absolute atomic E-state index is 13.1. The highest BCUT2D eigenvalue weighted by molar-refractivity contribution is 7.92. The van der Waals surface area contributed by atoms with E-state index < -0.39 is 10.0 Å². The van der Waals surface area contributed by atoms with E-state index in [1.807, 2.05) is 12.1 Å². The maximum Gasteiger partial charge on any atom is 0.258 e. The summed E-state index contributed by atoms with van der Waals surface area (Å²) < 4.78 is 30.8. The summed E-state index contributed by atoms with van der Waals surface area (Å²) >= 11 is 0. The van der Waals surface area contributed by atoms with Crippen molar-refractivity contribution in [3.63, 3.8) is 0 Å². The normalized spacial score (nSPS) is 17.8. The summed E-state index contributed by atoms with van der Waals surface area (Å²) in [6.45, 7) is 2.05. The van der Waals surface area contributed by atoms with E-state index in [-0.39, 0.29) is 17.3 Å². The molecule has 2 aliphatic rings. The first-order chi connectivity index (χ1) is 13.8. The van der Waals surface area contributed by atoms with Crippen LogP contribution in [0, 0.1) is 0 Å². The number of rotatable bonds is 4. The van der Waals surface area contributed by atoms with Gasteiger partial charge in [-0.05, 0) is 60.6 Å². The SMILES string of the molecule is CS(=O)(=O)Nc1cc(N2CCc3cc(C4CCOCC4)ccc3C2=O)ccc1O. The fourth-order valence-corrected chi connectivity index (χ4v) is 4.58. The molecule has 154 valence electrons. The number of benzene rings is 2. The van der Waals surface area contributed by atoms with Crippen molar-refractivity contribution in [3.8, 4) is 5.75 Å². The lowest BCUT2D eigenvalue weighted by Gasteiger charge is -2.30.